The predicted octanol–water partition coefficient (Wildman–Crippen LogP) is 4.45. The first kappa shape index (κ1) is 26.2. The number of anilines is 1. The molecule has 1 unspecified atom stereocenters. The number of esters is 1. The van der Waals surface area contributed by atoms with Gasteiger partial charge in [-0.1, -0.05) is 38.5 Å². The van der Waals surface area contributed by atoms with Crippen LogP contribution >= 0.6 is 23.1 Å². The molecule has 0 radical (unpaired) electrons. The second kappa shape index (κ2) is 10.6. The first-order valence-corrected chi connectivity index (χ1v) is 13.8. The number of nitrogens with zero attached hydrogens (tertiary/aromatic N) is 2. The fourth-order valence-electron chi connectivity index (χ4n) is 4.34. The second-order valence-electron chi connectivity index (χ2n) is 9.98. The van der Waals surface area contributed by atoms with E-state index in [2.05, 4.69) is 31.4 Å². The molecule has 1 aliphatic carbocycles. The van der Waals surface area contributed by atoms with Crippen molar-refractivity contribution in [2.75, 3.05) is 17.7 Å². The molecular weight excluding hydrogens is 498 g/mol. The quantitative estimate of drug-likeness (QED) is 0.274. The van der Waals surface area contributed by atoms with E-state index in [0.29, 0.717) is 22.2 Å². The van der Waals surface area contributed by atoms with E-state index in [4.69, 9.17) is 9.26 Å². The lowest BCUT2D eigenvalue weighted by Gasteiger charge is -2.33. The highest BCUT2D eigenvalue weighted by molar-refractivity contribution is 7.99. The number of thiophene rings is 1. The summed E-state index contributed by atoms with van der Waals surface area (Å²) in [5, 5.41) is 19.7. The molecular formula is C26H31N3O5S2. The van der Waals surface area contributed by atoms with Crippen molar-refractivity contribution in [1.82, 2.24) is 5.27 Å². The van der Waals surface area contributed by atoms with Crippen LogP contribution in [0.4, 0.5) is 5.00 Å². The van der Waals surface area contributed by atoms with E-state index >= 15 is 0 Å². The van der Waals surface area contributed by atoms with Crippen molar-refractivity contribution in [1.29, 1.82) is 0 Å². The Bertz CT molecular complexity index is 1260. The molecule has 0 spiro atoms. The van der Waals surface area contributed by atoms with E-state index < -0.39 is 11.9 Å². The third kappa shape index (κ3) is 5.59. The van der Waals surface area contributed by atoms with E-state index in [0.717, 1.165) is 47.0 Å². The molecule has 1 aliphatic rings. The van der Waals surface area contributed by atoms with Crippen LogP contribution in [0.5, 0.6) is 5.95 Å². The van der Waals surface area contributed by atoms with Crippen molar-refractivity contribution < 1.29 is 28.6 Å². The molecule has 1 N–H and O–H groups in total. The van der Waals surface area contributed by atoms with Crippen molar-refractivity contribution in [3.05, 3.63) is 45.8 Å². The Kier molecular flexibility index (Phi) is 7.75. The number of carbonyl (C=O) groups excluding carboxylic acids is 2. The van der Waals surface area contributed by atoms with Crippen LogP contribution in [0.3, 0.4) is 0 Å². The molecule has 36 heavy (non-hydrogen) atoms. The Morgan fingerprint density at radius 3 is 2.69 bits per heavy atom. The number of aromatic nitrogens is 2. The summed E-state index contributed by atoms with van der Waals surface area (Å²) in [7, 11) is 0. The summed E-state index contributed by atoms with van der Waals surface area (Å²) in [6.07, 6.45) is 2.64. The van der Waals surface area contributed by atoms with Crippen LogP contribution in [-0.2, 0) is 22.4 Å². The smallest absolute Gasteiger partial charge is 0.341 e. The molecule has 0 bridgehead atoms. The highest BCUT2D eigenvalue weighted by Crippen LogP contribution is 2.44. The maximum atomic E-state index is 12.9. The molecule has 1 aromatic carbocycles. The number of rotatable bonds is 7. The van der Waals surface area contributed by atoms with Gasteiger partial charge in [0.05, 0.1) is 23.2 Å². The number of carbonyl (C=O) groups is 2. The van der Waals surface area contributed by atoms with Crippen LogP contribution in [0.25, 0.3) is 5.69 Å². The summed E-state index contributed by atoms with van der Waals surface area (Å²) in [4.78, 5) is 26.9. The van der Waals surface area contributed by atoms with Crippen molar-refractivity contribution in [3.63, 3.8) is 0 Å². The molecule has 2 aromatic heterocycles. The Labute approximate surface area is 219 Å². The largest absolute Gasteiger partial charge is 0.538 e. The predicted molar refractivity (Wildman–Crippen MR) is 137 cm³/mol. The zero-order valence-corrected chi connectivity index (χ0v) is 22.8. The number of amides is 1. The van der Waals surface area contributed by atoms with Gasteiger partial charge in [0, 0.05) is 17.0 Å². The average Bonchev–Trinajstić information content (AvgIpc) is 3.36. The standard InChI is InChI=1S/C26H31N3O5S2/c1-6-33-24(31)21-18-12-9-16(26(3,4)5)13-19(18)36-22(21)27-20(30)14-35-23-25(32)34-28-29(23)17-10-7-15(2)8-11-17/h7-8,10-11,16H,6,9,12-14H2,1-5H3,(H-,27,28,30,31,32). The molecule has 4 rings (SSSR count). The number of thioether (sulfide) groups is 1. The minimum atomic E-state index is -0.611. The van der Waals surface area contributed by atoms with Gasteiger partial charge in [0.2, 0.25) is 11.6 Å². The third-order valence-electron chi connectivity index (χ3n) is 6.41. The summed E-state index contributed by atoms with van der Waals surface area (Å²) < 4.78 is 11.6. The van der Waals surface area contributed by atoms with Crippen molar-refractivity contribution in [3.8, 4) is 11.6 Å². The minimum Gasteiger partial charge on any atom is -0.538 e. The summed E-state index contributed by atoms with van der Waals surface area (Å²) in [5.74, 6) is -0.894. The topological polar surface area (TPSA) is 108 Å². The first-order chi connectivity index (χ1) is 17.1. The number of fused-ring (bicyclic) bond motifs is 1. The zero-order valence-electron chi connectivity index (χ0n) is 21.2. The SMILES string of the molecule is CCOC(=O)c1c(NC(=O)CSc2c([O-])on[n+]2-c2ccc(C)cc2)sc2c1CCC(C(C)(C)C)C2. The molecule has 0 fully saturated rings. The molecule has 0 saturated carbocycles. The van der Waals surface area contributed by atoms with Crippen LogP contribution in [0.15, 0.2) is 33.8 Å². The van der Waals surface area contributed by atoms with E-state index in [9.17, 15) is 14.7 Å². The molecule has 0 aliphatic heterocycles. The van der Waals surface area contributed by atoms with Gasteiger partial charge in [0.15, 0.2) is 5.95 Å². The minimum absolute atomic E-state index is 0.0439. The Morgan fingerprint density at radius 2 is 2.03 bits per heavy atom. The fourth-order valence-corrected chi connectivity index (χ4v) is 6.43. The van der Waals surface area contributed by atoms with Gasteiger partial charge < -0.3 is 19.7 Å². The Morgan fingerprint density at radius 1 is 1.31 bits per heavy atom. The number of benzene rings is 1. The highest BCUT2D eigenvalue weighted by atomic mass is 32.2. The lowest BCUT2D eigenvalue weighted by atomic mass is 9.72. The summed E-state index contributed by atoms with van der Waals surface area (Å²) in [6.45, 7) is 10.7. The molecule has 1 amide bonds. The summed E-state index contributed by atoms with van der Waals surface area (Å²) >= 11 is 2.49. The normalized spacial score (nSPS) is 15.4. The Balaban J connectivity index is 1.52. The summed E-state index contributed by atoms with van der Waals surface area (Å²) in [6, 6.07) is 7.47. The van der Waals surface area contributed by atoms with E-state index in [1.807, 2.05) is 31.2 Å². The van der Waals surface area contributed by atoms with E-state index in [1.54, 1.807) is 6.92 Å². The van der Waals surface area contributed by atoms with Crippen molar-refractivity contribution in [2.45, 2.75) is 58.9 Å². The fraction of sp³-hybridized carbons (Fsp3) is 0.462. The first-order valence-electron chi connectivity index (χ1n) is 12.0. The molecule has 192 valence electrons. The molecule has 8 nitrogen and oxygen atoms in total. The van der Waals surface area contributed by atoms with E-state index in [-0.39, 0.29) is 28.7 Å². The molecule has 2 heterocycles. The number of hydrogen-bond acceptors (Lipinski definition) is 8. The van der Waals surface area contributed by atoms with Gasteiger partial charge >= 0.3 is 5.97 Å². The maximum absolute atomic E-state index is 12.9. The van der Waals surface area contributed by atoms with Gasteiger partial charge in [-0.25, -0.2) is 4.79 Å². The van der Waals surface area contributed by atoms with E-state index in [1.165, 1.54) is 16.0 Å². The van der Waals surface area contributed by atoms with Crippen LogP contribution in [0, 0.1) is 18.3 Å². The molecule has 1 atom stereocenters. The van der Waals surface area contributed by atoms with Gasteiger partial charge in [0.25, 0.3) is 5.03 Å². The van der Waals surface area contributed by atoms with Gasteiger partial charge in [-0.3, -0.25) is 4.79 Å². The second-order valence-corrected chi connectivity index (χ2v) is 12.1. The number of aryl methyl sites for hydroxylation is 1. The monoisotopic (exact) mass is 529 g/mol. The number of nitrogens with one attached hydrogen (secondary N) is 1. The third-order valence-corrected chi connectivity index (χ3v) is 8.60. The van der Waals surface area contributed by atoms with Gasteiger partial charge in [-0.2, -0.15) is 0 Å². The zero-order chi connectivity index (χ0) is 26.0. The molecule has 10 heteroatoms. The number of hydrogen-bond donors (Lipinski definition) is 1. The summed E-state index contributed by atoms with van der Waals surface area (Å²) in [5.41, 5.74) is 3.35. The molecule has 0 saturated heterocycles. The lowest BCUT2D eigenvalue weighted by molar-refractivity contribution is -0.705. The van der Waals surface area contributed by atoms with Gasteiger partial charge in [-0.15, -0.1) is 11.3 Å². The number of ether oxygens (including phenoxy) is 1. The highest BCUT2D eigenvalue weighted by Gasteiger charge is 2.34. The lowest BCUT2D eigenvalue weighted by Crippen LogP contribution is -2.35. The van der Waals surface area contributed by atoms with Gasteiger partial charge in [-0.05, 0) is 66.4 Å². The average molecular weight is 530 g/mol. The molecule has 3 aromatic rings. The van der Waals surface area contributed by atoms with Crippen LogP contribution in [-0.4, -0.2) is 29.5 Å². The maximum Gasteiger partial charge on any atom is 0.341 e. The van der Waals surface area contributed by atoms with Crippen molar-refractivity contribution in [2.24, 2.45) is 11.3 Å². The van der Waals surface area contributed by atoms with Crippen molar-refractivity contribution >= 4 is 40.0 Å². The van der Waals surface area contributed by atoms with Crippen LogP contribution in [0.1, 0.15) is 60.5 Å². The Hall–Kier alpha value is -2.85. The van der Waals surface area contributed by atoms with Crippen LogP contribution in [0.2, 0.25) is 0 Å². The van der Waals surface area contributed by atoms with Crippen LogP contribution < -0.4 is 15.1 Å². The van der Waals surface area contributed by atoms with Gasteiger partial charge in [0.1, 0.15) is 5.00 Å².